The van der Waals surface area contributed by atoms with Gasteiger partial charge in [0.15, 0.2) is 0 Å². The molecule has 1 fully saturated rings. The molecule has 0 bridgehead atoms. The number of nitrogens with one attached hydrogen (secondary N) is 2. The summed E-state index contributed by atoms with van der Waals surface area (Å²) < 4.78 is 40.8. The molecule has 2 atom stereocenters. The van der Waals surface area contributed by atoms with Crippen LogP contribution in [0.5, 0.6) is 5.75 Å². The molecule has 0 saturated carbocycles. The number of para-hydroxylation sites is 1. The lowest BCUT2D eigenvalue weighted by atomic mass is 10.0. The highest BCUT2D eigenvalue weighted by molar-refractivity contribution is 5.79. The lowest BCUT2D eigenvalue weighted by Crippen LogP contribution is -2.36. The van der Waals surface area contributed by atoms with Crippen molar-refractivity contribution in [3.63, 3.8) is 0 Å². The molecule has 1 amide bonds. The summed E-state index contributed by atoms with van der Waals surface area (Å²) in [7, 11) is 0. The van der Waals surface area contributed by atoms with Gasteiger partial charge in [0.05, 0.1) is 5.92 Å². The highest BCUT2D eigenvalue weighted by atomic mass is 19.4. The van der Waals surface area contributed by atoms with Crippen LogP contribution in [0.2, 0.25) is 0 Å². The quantitative estimate of drug-likeness (QED) is 0.896. The van der Waals surface area contributed by atoms with Crippen LogP contribution in [0.4, 0.5) is 13.2 Å². The molecule has 0 aromatic heterocycles. The molecule has 21 heavy (non-hydrogen) atoms. The van der Waals surface area contributed by atoms with E-state index in [1.54, 1.807) is 6.07 Å². The molecule has 1 aromatic carbocycles. The van der Waals surface area contributed by atoms with Crippen molar-refractivity contribution in [2.75, 3.05) is 6.54 Å². The Hall–Kier alpha value is -1.76. The standard InChI is InChI=1S/C14H17F3N2O2/c1-9-11(6-7-18-9)13(20)19-8-10-4-2-3-5-12(10)21-14(15,16)17/h2-5,9,11,18H,6-8H2,1H3,(H,19,20). The summed E-state index contributed by atoms with van der Waals surface area (Å²) in [5.74, 6) is -0.599. The summed E-state index contributed by atoms with van der Waals surface area (Å²) in [6, 6.07) is 5.86. The van der Waals surface area contributed by atoms with E-state index in [0.29, 0.717) is 5.56 Å². The second-order valence-electron chi connectivity index (χ2n) is 5.01. The Balaban J connectivity index is 1.98. The van der Waals surface area contributed by atoms with Crippen molar-refractivity contribution >= 4 is 5.91 Å². The molecule has 2 N–H and O–H groups in total. The number of benzene rings is 1. The fourth-order valence-electron chi connectivity index (χ4n) is 2.40. The molecule has 2 unspecified atom stereocenters. The maximum Gasteiger partial charge on any atom is 0.573 e. The largest absolute Gasteiger partial charge is 0.573 e. The third-order valence-corrected chi connectivity index (χ3v) is 3.51. The smallest absolute Gasteiger partial charge is 0.405 e. The van der Waals surface area contributed by atoms with Crippen LogP contribution in [-0.2, 0) is 11.3 Å². The lowest BCUT2D eigenvalue weighted by Gasteiger charge is -2.17. The normalized spacial score (nSPS) is 22.1. The van der Waals surface area contributed by atoms with Gasteiger partial charge in [0.2, 0.25) is 5.91 Å². The zero-order valence-corrected chi connectivity index (χ0v) is 11.5. The number of halogens is 3. The van der Waals surface area contributed by atoms with Crippen LogP contribution < -0.4 is 15.4 Å². The summed E-state index contributed by atoms with van der Waals surface area (Å²) in [5, 5.41) is 5.83. The Morgan fingerprint density at radius 1 is 1.43 bits per heavy atom. The molecule has 1 aliphatic heterocycles. The molecule has 1 aliphatic rings. The van der Waals surface area contributed by atoms with Crippen molar-refractivity contribution < 1.29 is 22.7 Å². The highest BCUT2D eigenvalue weighted by Crippen LogP contribution is 2.26. The Kier molecular flexibility index (Phi) is 4.72. The molecule has 1 heterocycles. The van der Waals surface area contributed by atoms with Crippen LogP contribution in [0, 0.1) is 5.92 Å². The summed E-state index contributed by atoms with van der Waals surface area (Å²) in [6.07, 6.45) is -4.02. The number of alkyl halides is 3. The molecular formula is C14H17F3N2O2. The number of ether oxygens (including phenoxy) is 1. The summed E-state index contributed by atoms with van der Waals surface area (Å²) in [6.45, 7) is 2.69. The van der Waals surface area contributed by atoms with E-state index in [2.05, 4.69) is 15.4 Å². The molecule has 0 aliphatic carbocycles. The van der Waals surface area contributed by atoms with Gasteiger partial charge in [0.25, 0.3) is 0 Å². The second-order valence-corrected chi connectivity index (χ2v) is 5.01. The highest BCUT2D eigenvalue weighted by Gasteiger charge is 2.32. The summed E-state index contributed by atoms with van der Waals surface area (Å²) in [5.41, 5.74) is 0.293. The van der Waals surface area contributed by atoms with Gasteiger partial charge in [-0.15, -0.1) is 13.2 Å². The van der Waals surface area contributed by atoms with Crippen LogP contribution in [0.1, 0.15) is 18.9 Å². The van der Waals surface area contributed by atoms with E-state index in [-0.39, 0.29) is 30.2 Å². The number of amides is 1. The molecule has 7 heteroatoms. The molecule has 2 rings (SSSR count). The fourth-order valence-corrected chi connectivity index (χ4v) is 2.40. The Morgan fingerprint density at radius 2 is 2.14 bits per heavy atom. The van der Waals surface area contributed by atoms with E-state index in [1.165, 1.54) is 18.2 Å². The Bertz CT molecular complexity index is 505. The Morgan fingerprint density at radius 3 is 2.76 bits per heavy atom. The minimum Gasteiger partial charge on any atom is -0.405 e. The van der Waals surface area contributed by atoms with E-state index < -0.39 is 6.36 Å². The van der Waals surface area contributed by atoms with Crippen molar-refractivity contribution in [1.82, 2.24) is 10.6 Å². The van der Waals surface area contributed by atoms with Gasteiger partial charge in [-0.3, -0.25) is 4.79 Å². The van der Waals surface area contributed by atoms with Crippen molar-refractivity contribution in [2.45, 2.75) is 32.3 Å². The van der Waals surface area contributed by atoms with Crippen molar-refractivity contribution in [3.05, 3.63) is 29.8 Å². The summed E-state index contributed by atoms with van der Waals surface area (Å²) >= 11 is 0. The third kappa shape index (κ3) is 4.35. The zero-order valence-electron chi connectivity index (χ0n) is 11.5. The van der Waals surface area contributed by atoms with Gasteiger partial charge < -0.3 is 15.4 Å². The summed E-state index contributed by atoms with van der Waals surface area (Å²) in [4.78, 5) is 12.0. The molecule has 1 saturated heterocycles. The van der Waals surface area contributed by atoms with Crippen LogP contribution in [-0.4, -0.2) is 24.9 Å². The maximum absolute atomic E-state index is 12.3. The number of carbonyl (C=O) groups is 1. The van der Waals surface area contributed by atoms with Crippen molar-refractivity contribution in [2.24, 2.45) is 5.92 Å². The van der Waals surface area contributed by atoms with Crippen LogP contribution >= 0.6 is 0 Å². The lowest BCUT2D eigenvalue weighted by molar-refractivity contribution is -0.274. The minimum atomic E-state index is -4.75. The van der Waals surface area contributed by atoms with Crippen molar-refractivity contribution in [1.29, 1.82) is 0 Å². The first-order chi connectivity index (χ1) is 9.87. The molecule has 1 aromatic rings. The van der Waals surface area contributed by atoms with E-state index in [4.69, 9.17) is 0 Å². The van der Waals surface area contributed by atoms with E-state index >= 15 is 0 Å². The van der Waals surface area contributed by atoms with Gasteiger partial charge in [-0.2, -0.15) is 0 Å². The average Bonchev–Trinajstić information content (AvgIpc) is 2.82. The number of hydrogen-bond donors (Lipinski definition) is 2. The van der Waals surface area contributed by atoms with Crippen LogP contribution in [0.3, 0.4) is 0 Å². The predicted octanol–water partition coefficient (Wildman–Crippen LogP) is 2.20. The van der Waals surface area contributed by atoms with Gasteiger partial charge in [-0.05, 0) is 26.0 Å². The second kappa shape index (κ2) is 6.34. The van der Waals surface area contributed by atoms with Gasteiger partial charge in [0.1, 0.15) is 5.75 Å². The minimum absolute atomic E-state index is 0.00824. The van der Waals surface area contributed by atoms with E-state index in [0.717, 1.165) is 13.0 Å². The van der Waals surface area contributed by atoms with Crippen molar-refractivity contribution in [3.8, 4) is 5.75 Å². The first-order valence-electron chi connectivity index (χ1n) is 6.71. The van der Waals surface area contributed by atoms with Gasteiger partial charge in [0, 0.05) is 18.2 Å². The number of hydrogen-bond acceptors (Lipinski definition) is 3. The maximum atomic E-state index is 12.3. The average molecular weight is 302 g/mol. The zero-order chi connectivity index (χ0) is 15.5. The SMILES string of the molecule is CC1NCCC1C(=O)NCc1ccccc1OC(F)(F)F. The monoisotopic (exact) mass is 302 g/mol. The molecule has 0 radical (unpaired) electrons. The van der Waals surface area contributed by atoms with Gasteiger partial charge in [-0.1, -0.05) is 18.2 Å². The molecular weight excluding hydrogens is 285 g/mol. The Labute approximate surface area is 120 Å². The van der Waals surface area contributed by atoms with E-state index in [1.807, 2.05) is 6.92 Å². The number of rotatable bonds is 4. The van der Waals surface area contributed by atoms with Crippen LogP contribution in [0.15, 0.2) is 24.3 Å². The first-order valence-corrected chi connectivity index (χ1v) is 6.71. The third-order valence-electron chi connectivity index (χ3n) is 3.51. The van der Waals surface area contributed by atoms with Gasteiger partial charge >= 0.3 is 6.36 Å². The molecule has 116 valence electrons. The van der Waals surface area contributed by atoms with E-state index in [9.17, 15) is 18.0 Å². The topological polar surface area (TPSA) is 50.4 Å². The fraction of sp³-hybridized carbons (Fsp3) is 0.500. The number of carbonyl (C=O) groups excluding carboxylic acids is 1. The van der Waals surface area contributed by atoms with Crippen LogP contribution in [0.25, 0.3) is 0 Å². The predicted molar refractivity (Wildman–Crippen MR) is 70.5 cm³/mol. The molecule has 0 spiro atoms. The first kappa shape index (κ1) is 15.6. The van der Waals surface area contributed by atoms with Gasteiger partial charge in [-0.25, -0.2) is 0 Å². The molecule has 4 nitrogen and oxygen atoms in total.